The van der Waals surface area contributed by atoms with Crippen molar-refractivity contribution < 1.29 is 0 Å². The van der Waals surface area contributed by atoms with Gasteiger partial charge in [-0.15, -0.1) is 0 Å². The van der Waals surface area contributed by atoms with Gasteiger partial charge in [0.25, 0.3) is 0 Å². The lowest BCUT2D eigenvalue weighted by Gasteiger charge is -2.21. The number of hydrogen-bond donors (Lipinski definition) is 0. The van der Waals surface area contributed by atoms with E-state index in [2.05, 4.69) is 25.7 Å². The average Bonchev–Trinajstić information content (AvgIpc) is 2.36. The Bertz CT molecular complexity index is 656. The minimum Gasteiger partial charge on any atom is -0.192 e. The molecule has 0 radical (unpaired) electrons. The molecule has 0 atom stereocenters. The molecule has 0 spiro atoms. The predicted octanol–water partition coefficient (Wildman–Crippen LogP) is 5.08. The average molecular weight is 320 g/mol. The van der Waals surface area contributed by atoms with Crippen LogP contribution in [0.25, 0.3) is 11.1 Å². The van der Waals surface area contributed by atoms with E-state index in [1.165, 1.54) is 0 Å². The van der Waals surface area contributed by atoms with E-state index in [1.807, 2.05) is 24.3 Å². The second-order valence-electron chi connectivity index (χ2n) is 5.75. The molecule has 0 heterocycles. The first-order valence-electron chi connectivity index (χ1n) is 6.33. The van der Waals surface area contributed by atoms with Crippen molar-refractivity contribution in [1.82, 2.24) is 0 Å². The van der Waals surface area contributed by atoms with Gasteiger partial charge in [0.15, 0.2) is 0 Å². The fourth-order valence-electron chi connectivity index (χ4n) is 2.19. The molecule has 0 saturated heterocycles. The summed E-state index contributed by atoms with van der Waals surface area (Å²) in [7, 11) is -1.57. The van der Waals surface area contributed by atoms with Crippen LogP contribution in [0.1, 0.15) is 5.56 Å². The summed E-state index contributed by atoms with van der Waals surface area (Å²) in [6, 6.07) is 13.4. The third-order valence-electron chi connectivity index (χ3n) is 3.14. The molecule has 0 aliphatic rings. The van der Waals surface area contributed by atoms with Gasteiger partial charge in [0.05, 0.1) is 19.7 Å². The van der Waals surface area contributed by atoms with Gasteiger partial charge in [-0.2, -0.15) is 5.26 Å². The van der Waals surface area contributed by atoms with E-state index in [9.17, 15) is 0 Å². The number of nitriles is 1. The maximum Gasteiger partial charge on any atom is 0.0991 e. The van der Waals surface area contributed by atoms with Crippen LogP contribution >= 0.6 is 23.2 Å². The smallest absolute Gasteiger partial charge is 0.0991 e. The Hall–Kier alpha value is -1.27. The van der Waals surface area contributed by atoms with Crippen LogP contribution in [0.15, 0.2) is 36.4 Å². The zero-order valence-electron chi connectivity index (χ0n) is 11.7. The molecule has 2 rings (SSSR count). The first kappa shape index (κ1) is 15.1. The van der Waals surface area contributed by atoms with E-state index in [1.54, 1.807) is 12.1 Å². The molecule has 0 bridgehead atoms. The number of hydrogen-bond acceptors (Lipinski definition) is 1. The Kier molecular flexibility index (Phi) is 4.24. The first-order valence-corrected chi connectivity index (χ1v) is 10.6. The quantitative estimate of drug-likeness (QED) is 0.708. The highest BCUT2D eigenvalue weighted by Gasteiger charge is 2.23. The molecule has 2 aromatic rings. The van der Waals surface area contributed by atoms with Crippen LogP contribution in [0.3, 0.4) is 0 Å². The van der Waals surface area contributed by atoms with Gasteiger partial charge in [0.1, 0.15) is 0 Å². The van der Waals surface area contributed by atoms with Crippen molar-refractivity contribution in [2.45, 2.75) is 19.6 Å². The van der Waals surface area contributed by atoms with Crippen LogP contribution in [0, 0.1) is 11.3 Å². The van der Waals surface area contributed by atoms with Crippen LogP contribution in [0.4, 0.5) is 0 Å². The third-order valence-corrected chi connectivity index (χ3v) is 6.09. The summed E-state index contributed by atoms with van der Waals surface area (Å²) in [5.74, 6) is 0. The van der Waals surface area contributed by atoms with Crippen LogP contribution in [0.2, 0.25) is 29.7 Å². The number of halogens is 2. The fourth-order valence-corrected chi connectivity index (χ4v) is 5.96. The highest BCUT2D eigenvalue weighted by atomic mass is 35.5. The van der Waals surface area contributed by atoms with Crippen molar-refractivity contribution in [3.05, 3.63) is 52.0 Å². The maximum atomic E-state index is 8.83. The number of benzene rings is 2. The number of rotatable bonds is 2. The molecule has 102 valence electrons. The summed E-state index contributed by atoms with van der Waals surface area (Å²) < 4.78 is 0. The van der Waals surface area contributed by atoms with Crippen LogP contribution in [0.5, 0.6) is 0 Å². The van der Waals surface area contributed by atoms with E-state index in [4.69, 9.17) is 28.5 Å². The van der Waals surface area contributed by atoms with Gasteiger partial charge in [-0.1, -0.05) is 55.0 Å². The summed E-state index contributed by atoms with van der Waals surface area (Å²) in [5.41, 5.74) is 2.63. The highest BCUT2D eigenvalue weighted by molar-refractivity contribution is 6.91. The summed E-state index contributed by atoms with van der Waals surface area (Å²) in [4.78, 5) is 0. The summed E-state index contributed by atoms with van der Waals surface area (Å²) in [6.45, 7) is 6.67. The van der Waals surface area contributed by atoms with E-state index in [-0.39, 0.29) is 0 Å². The summed E-state index contributed by atoms with van der Waals surface area (Å²) in [5, 5.41) is 11.4. The molecule has 0 N–H and O–H groups in total. The van der Waals surface area contributed by atoms with Crippen LogP contribution in [-0.2, 0) is 0 Å². The monoisotopic (exact) mass is 319 g/mol. The molecule has 0 saturated carbocycles. The molecule has 0 aliphatic carbocycles. The molecule has 1 nitrogen and oxygen atoms in total. The van der Waals surface area contributed by atoms with Gasteiger partial charge >= 0.3 is 0 Å². The number of nitrogens with zero attached hydrogens (tertiary/aromatic N) is 1. The SMILES string of the molecule is C[Si](C)(C)c1c(Cl)cc(-c2ccc(C#N)cc2)cc1Cl. The molecule has 0 fully saturated rings. The first-order chi connectivity index (χ1) is 9.32. The van der Waals surface area contributed by atoms with Crippen molar-refractivity contribution in [1.29, 1.82) is 5.26 Å². The Morgan fingerprint density at radius 1 is 0.900 bits per heavy atom. The fraction of sp³-hybridized carbons (Fsp3) is 0.188. The minimum atomic E-state index is -1.57. The topological polar surface area (TPSA) is 23.8 Å². The molecule has 0 aromatic heterocycles. The van der Waals surface area contributed by atoms with Gasteiger partial charge in [0, 0.05) is 10.0 Å². The molecule has 20 heavy (non-hydrogen) atoms. The van der Waals surface area contributed by atoms with Crippen molar-refractivity contribution in [2.75, 3.05) is 0 Å². The van der Waals surface area contributed by atoms with Gasteiger partial charge in [0.2, 0.25) is 0 Å². The maximum absolute atomic E-state index is 8.83. The van der Waals surface area contributed by atoms with E-state index in [0.29, 0.717) is 5.56 Å². The second kappa shape index (κ2) is 5.61. The van der Waals surface area contributed by atoms with Gasteiger partial charge < -0.3 is 0 Å². The van der Waals surface area contributed by atoms with Crippen molar-refractivity contribution >= 4 is 36.5 Å². The minimum absolute atomic E-state index is 0.643. The zero-order valence-corrected chi connectivity index (χ0v) is 14.2. The Morgan fingerprint density at radius 3 is 1.80 bits per heavy atom. The molecule has 0 aliphatic heterocycles. The molecule has 0 unspecified atom stereocenters. The molecule has 0 amide bonds. The Balaban J connectivity index is 2.52. The zero-order chi connectivity index (χ0) is 14.9. The summed E-state index contributed by atoms with van der Waals surface area (Å²) in [6.07, 6.45) is 0. The normalized spacial score (nSPS) is 11.2. The Labute approximate surface area is 130 Å². The molecule has 2 aromatic carbocycles. The van der Waals surface area contributed by atoms with Crippen LogP contribution < -0.4 is 5.19 Å². The second-order valence-corrected chi connectivity index (χ2v) is 11.6. The van der Waals surface area contributed by atoms with Gasteiger partial charge in [-0.05, 0) is 40.6 Å². The van der Waals surface area contributed by atoms with Crippen molar-refractivity contribution in [3.63, 3.8) is 0 Å². The van der Waals surface area contributed by atoms with Crippen molar-refractivity contribution in [2.24, 2.45) is 0 Å². The van der Waals surface area contributed by atoms with Gasteiger partial charge in [-0.25, -0.2) is 0 Å². The largest absolute Gasteiger partial charge is 0.192 e. The van der Waals surface area contributed by atoms with Gasteiger partial charge in [-0.3, -0.25) is 0 Å². The van der Waals surface area contributed by atoms with E-state index in [0.717, 1.165) is 26.4 Å². The molecular formula is C16H15Cl2NSi. The Morgan fingerprint density at radius 2 is 1.40 bits per heavy atom. The van der Waals surface area contributed by atoms with E-state index >= 15 is 0 Å². The highest BCUT2D eigenvalue weighted by Crippen LogP contribution is 2.28. The predicted molar refractivity (Wildman–Crippen MR) is 89.6 cm³/mol. The summed E-state index contributed by atoms with van der Waals surface area (Å²) >= 11 is 12.9. The standard InChI is InChI=1S/C16H15Cl2NSi/c1-20(2,3)16-14(17)8-13(9-15(16)18)12-6-4-11(10-19)5-7-12/h4-9H,1-3H3. The van der Waals surface area contributed by atoms with Crippen LogP contribution in [-0.4, -0.2) is 8.07 Å². The lowest BCUT2D eigenvalue weighted by molar-refractivity contribution is 1.48. The molecular weight excluding hydrogens is 305 g/mol. The lowest BCUT2D eigenvalue weighted by atomic mass is 10.0. The third kappa shape index (κ3) is 3.07. The van der Waals surface area contributed by atoms with Crippen molar-refractivity contribution in [3.8, 4) is 17.2 Å². The molecule has 4 heteroatoms. The lowest BCUT2D eigenvalue weighted by Crippen LogP contribution is -2.39. The van der Waals surface area contributed by atoms with E-state index < -0.39 is 8.07 Å².